The third kappa shape index (κ3) is 8.11. The first kappa shape index (κ1) is 12.8. The Morgan fingerprint density at radius 2 is 1.15 bits per heavy atom. The Hall–Kier alpha value is -0.230. The van der Waals surface area contributed by atoms with Gasteiger partial charge in [0.25, 0.3) is 0 Å². The highest BCUT2D eigenvalue weighted by Gasteiger charge is 2.39. The first-order valence-corrected chi connectivity index (χ1v) is 4.83. The number of halogens is 6. The maximum absolute atomic E-state index is 11.4. The molecule has 2 nitrogen and oxygen atoms in total. The molecule has 0 atom stereocenters. The van der Waals surface area contributed by atoms with Crippen molar-refractivity contribution in [1.82, 2.24) is 0 Å². The van der Waals surface area contributed by atoms with Crippen molar-refractivity contribution < 1.29 is 35.8 Å². The van der Waals surface area contributed by atoms with Crippen molar-refractivity contribution in [2.45, 2.75) is 12.4 Å². The molecule has 0 radical (unpaired) electrons. The molecule has 0 aliphatic carbocycles. The van der Waals surface area contributed by atoms with Crippen LogP contribution in [0.5, 0.6) is 0 Å². The molecular formula is C4H4F6O2P-. The van der Waals surface area contributed by atoms with Gasteiger partial charge in [-0.05, 0) is 0 Å². The fourth-order valence-corrected chi connectivity index (χ4v) is 1.81. The standard InChI is InChI=1S/C4H5F6O2P/c5-3(6,7)1-13(11,12)2-4(8,9)10/h1-2H2,(H,11,12)/p-1. The second-order valence-electron chi connectivity index (χ2n) is 2.36. The zero-order valence-electron chi connectivity index (χ0n) is 5.95. The minimum Gasteiger partial charge on any atom is -0.799 e. The van der Waals surface area contributed by atoms with E-state index in [0.29, 0.717) is 0 Å². The Morgan fingerprint density at radius 3 is 1.31 bits per heavy atom. The molecule has 0 aliphatic rings. The van der Waals surface area contributed by atoms with E-state index < -0.39 is 32.0 Å². The number of rotatable bonds is 2. The first-order chi connectivity index (χ1) is 5.41. The topological polar surface area (TPSA) is 40.1 Å². The van der Waals surface area contributed by atoms with Crippen molar-refractivity contribution in [3.8, 4) is 0 Å². The molecular weight excluding hydrogens is 225 g/mol. The van der Waals surface area contributed by atoms with Gasteiger partial charge in [-0.2, -0.15) is 26.3 Å². The van der Waals surface area contributed by atoms with E-state index in [2.05, 4.69) is 0 Å². The van der Waals surface area contributed by atoms with E-state index in [9.17, 15) is 35.8 Å². The van der Waals surface area contributed by atoms with E-state index in [-0.39, 0.29) is 0 Å². The molecule has 0 saturated heterocycles. The van der Waals surface area contributed by atoms with Gasteiger partial charge >= 0.3 is 12.4 Å². The third-order valence-electron chi connectivity index (χ3n) is 0.840. The Morgan fingerprint density at radius 1 is 0.923 bits per heavy atom. The van der Waals surface area contributed by atoms with Crippen LogP contribution >= 0.6 is 7.37 Å². The molecule has 0 aliphatic heterocycles. The van der Waals surface area contributed by atoms with E-state index in [4.69, 9.17) is 0 Å². The van der Waals surface area contributed by atoms with Crippen molar-refractivity contribution in [1.29, 1.82) is 0 Å². The van der Waals surface area contributed by atoms with Crippen molar-refractivity contribution in [2.24, 2.45) is 0 Å². The molecule has 0 amide bonds. The van der Waals surface area contributed by atoms with Crippen LogP contribution in [0.2, 0.25) is 0 Å². The molecule has 0 rings (SSSR count). The second-order valence-corrected chi connectivity index (χ2v) is 4.62. The fourth-order valence-electron chi connectivity index (χ4n) is 0.602. The van der Waals surface area contributed by atoms with Gasteiger partial charge in [-0.3, -0.25) is 0 Å². The van der Waals surface area contributed by atoms with Crippen LogP contribution in [-0.2, 0) is 4.57 Å². The number of alkyl halides is 6. The highest BCUT2D eigenvalue weighted by Crippen LogP contribution is 2.45. The van der Waals surface area contributed by atoms with Crippen LogP contribution in [0.1, 0.15) is 0 Å². The van der Waals surface area contributed by atoms with Crippen LogP contribution in [-0.4, -0.2) is 24.7 Å². The summed E-state index contributed by atoms with van der Waals surface area (Å²) in [7, 11) is -5.44. The minimum absolute atomic E-state index is 2.42. The molecule has 0 bridgehead atoms. The Labute approximate surface area is 69.0 Å². The van der Waals surface area contributed by atoms with Crippen LogP contribution < -0.4 is 4.89 Å². The van der Waals surface area contributed by atoms with Gasteiger partial charge < -0.3 is 9.46 Å². The van der Waals surface area contributed by atoms with E-state index in [1.807, 2.05) is 0 Å². The first-order valence-electron chi connectivity index (χ1n) is 2.84. The van der Waals surface area contributed by atoms with Crippen LogP contribution in [0.4, 0.5) is 26.3 Å². The second kappa shape index (κ2) is 3.49. The van der Waals surface area contributed by atoms with Gasteiger partial charge in [-0.15, -0.1) is 0 Å². The van der Waals surface area contributed by atoms with Crippen molar-refractivity contribution in [2.75, 3.05) is 12.3 Å². The summed E-state index contributed by atoms with van der Waals surface area (Å²) >= 11 is 0. The van der Waals surface area contributed by atoms with E-state index in [1.165, 1.54) is 0 Å². The quantitative estimate of drug-likeness (QED) is 0.534. The van der Waals surface area contributed by atoms with Gasteiger partial charge in [0.2, 0.25) is 0 Å². The molecule has 13 heavy (non-hydrogen) atoms. The molecule has 0 heterocycles. The average Bonchev–Trinajstić information content (AvgIpc) is 1.43. The van der Waals surface area contributed by atoms with Crippen molar-refractivity contribution in [3.63, 3.8) is 0 Å². The lowest BCUT2D eigenvalue weighted by molar-refractivity contribution is -0.195. The lowest BCUT2D eigenvalue weighted by atomic mass is 10.8. The van der Waals surface area contributed by atoms with E-state index in [0.717, 1.165) is 0 Å². The molecule has 0 spiro atoms. The third-order valence-corrected chi connectivity index (χ3v) is 2.52. The Bertz CT molecular complexity index is 198. The van der Waals surface area contributed by atoms with Gasteiger partial charge in [0, 0.05) is 7.37 Å². The zero-order chi connectivity index (χ0) is 10.9. The summed E-state index contributed by atoms with van der Waals surface area (Å²) in [6, 6.07) is 0. The van der Waals surface area contributed by atoms with E-state index >= 15 is 0 Å². The monoisotopic (exact) mass is 229 g/mol. The van der Waals surface area contributed by atoms with Crippen LogP contribution in [0.3, 0.4) is 0 Å². The van der Waals surface area contributed by atoms with Crippen LogP contribution in [0.15, 0.2) is 0 Å². The molecule has 0 aromatic rings. The Kier molecular flexibility index (Phi) is 3.43. The van der Waals surface area contributed by atoms with Crippen molar-refractivity contribution >= 4 is 7.37 Å². The summed E-state index contributed by atoms with van der Waals surface area (Å²) in [6.45, 7) is 0. The molecule has 0 fully saturated rings. The fraction of sp³-hybridized carbons (Fsp3) is 1.00. The highest BCUT2D eigenvalue weighted by atomic mass is 31.2. The normalized spacial score (nSPS) is 14.7. The predicted octanol–water partition coefficient (Wildman–Crippen LogP) is 1.75. The summed E-state index contributed by atoms with van der Waals surface area (Å²) < 4.78 is 78.6. The SMILES string of the molecule is O=P([O-])(CC(F)(F)F)CC(F)(F)F. The van der Waals surface area contributed by atoms with E-state index in [1.54, 1.807) is 0 Å². The van der Waals surface area contributed by atoms with Crippen LogP contribution in [0.25, 0.3) is 0 Å². The molecule has 0 aromatic carbocycles. The summed E-state index contributed by atoms with van der Waals surface area (Å²) in [4.78, 5) is 10.2. The lowest BCUT2D eigenvalue weighted by Gasteiger charge is -2.25. The maximum atomic E-state index is 11.4. The summed E-state index contributed by atoms with van der Waals surface area (Å²) in [5, 5.41) is 0. The average molecular weight is 229 g/mol. The summed E-state index contributed by atoms with van der Waals surface area (Å²) in [6.07, 6.45) is -15.1. The predicted molar refractivity (Wildman–Crippen MR) is 29.5 cm³/mol. The van der Waals surface area contributed by atoms with Gasteiger partial charge in [-0.25, -0.2) is 0 Å². The van der Waals surface area contributed by atoms with Gasteiger partial charge in [-0.1, -0.05) is 0 Å². The van der Waals surface area contributed by atoms with Crippen molar-refractivity contribution in [3.05, 3.63) is 0 Å². The zero-order valence-corrected chi connectivity index (χ0v) is 6.84. The smallest absolute Gasteiger partial charge is 0.394 e. The molecule has 0 aromatic heterocycles. The Balaban J connectivity index is 4.35. The number of hydrogen-bond acceptors (Lipinski definition) is 2. The number of hydrogen-bond donors (Lipinski definition) is 0. The lowest BCUT2D eigenvalue weighted by Crippen LogP contribution is -2.27. The minimum atomic E-state index is -5.44. The largest absolute Gasteiger partial charge is 0.799 e. The highest BCUT2D eigenvalue weighted by molar-refractivity contribution is 7.56. The molecule has 0 unspecified atom stereocenters. The molecule has 0 saturated carbocycles. The van der Waals surface area contributed by atoms with Gasteiger partial charge in [0.15, 0.2) is 0 Å². The maximum Gasteiger partial charge on any atom is 0.394 e. The molecule has 80 valence electrons. The molecule has 0 N–H and O–H groups in total. The van der Waals surface area contributed by atoms with Crippen LogP contribution in [0, 0.1) is 0 Å². The van der Waals surface area contributed by atoms with Gasteiger partial charge in [0.1, 0.15) is 0 Å². The van der Waals surface area contributed by atoms with Gasteiger partial charge in [0.05, 0.1) is 12.3 Å². The summed E-state index contributed by atoms with van der Waals surface area (Å²) in [5.74, 6) is 0. The summed E-state index contributed by atoms with van der Waals surface area (Å²) in [5.41, 5.74) is 0. The molecule has 9 heteroatoms.